The summed E-state index contributed by atoms with van der Waals surface area (Å²) in [4.78, 5) is 62.4. The summed E-state index contributed by atoms with van der Waals surface area (Å²) >= 11 is 0. The van der Waals surface area contributed by atoms with E-state index in [2.05, 4.69) is 15.3 Å². The molecule has 3 heterocycles. The smallest absolute Gasteiger partial charge is 0.409 e. The van der Waals surface area contributed by atoms with Crippen molar-refractivity contribution in [3.63, 3.8) is 0 Å². The number of aliphatic carboxylic acids is 1. The molecule has 4 rings (SSSR count). The van der Waals surface area contributed by atoms with Crippen molar-refractivity contribution in [2.24, 2.45) is 0 Å². The van der Waals surface area contributed by atoms with Crippen LogP contribution in [0.1, 0.15) is 42.4 Å². The number of carbonyl (C=O) groups excluding carboxylic acids is 3. The lowest BCUT2D eigenvalue weighted by Crippen LogP contribution is -2.56. The maximum absolute atomic E-state index is 13.5. The minimum absolute atomic E-state index is 0.0662. The molecule has 3 amide bonds. The Labute approximate surface area is 232 Å². The Hall–Kier alpha value is -4.32. The minimum atomic E-state index is -1.08. The van der Waals surface area contributed by atoms with Crippen molar-refractivity contribution >= 4 is 29.5 Å². The van der Waals surface area contributed by atoms with Gasteiger partial charge in [0.15, 0.2) is 5.82 Å². The van der Waals surface area contributed by atoms with E-state index in [1.807, 2.05) is 36.4 Å². The van der Waals surface area contributed by atoms with Gasteiger partial charge in [-0.3, -0.25) is 14.4 Å². The first-order valence-electron chi connectivity index (χ1n) is 13.3. The van der Waals surface area contributed by atoms with E-state index in [0.717, 1.165) is 11.1 Å². The molecular weight excluding hydrogens is 518 g/mol. The summed E-state index contributed by atoms with van der Waals surface area (Å²) in [5.41, 5.74) is 2.31. The average molecular weight is 552 g/mol. The molecule has 2 aromatic rings. The molecule has 0 radical (unpaired) electrons. The molecule has 2 aliphatic heterocycles. The molecule has 0 aliphatic carbocycles. The van der Waals surface area contributed by atoms with Crippen LogP contribution in [0.2, 0.25) is 0 Å². The van der Waals surface area contributed by atoms with Crippen LogP contribution in [-0.4, -0.2) is 101 Å². The van der Waals surface area contributed by atoms with Crippen LogP contribution in [0.4, 0.5) is 4.79 Å². The van der Waals surface area contributed by atoms with Crippen LogP contribution in [0.15, 0.2) is 42.5 Å². The zero-order valence-corrected chi connectivity index (χ0v) is 22.4. The molecule has 0 bridgehead atoms. The highest BCUT2D eigenvalue weighted by molar-refractivity contribution is 5.97. The van der Waals surface area contributed by atoms with Gasteiger partial charge in [0.2, 0.25) is 5.91 Å². The first-order chi connectivity index (χ1) is 19.4. The van der Waals surface area contributed by atoms with Crippen LogP contribution >= 0.6 is 0 Å². The molecule has 12 heteroatoms. The molecule has 0 saturated carbocycles. The summed E-state index contributed by atoms with van der Waals surface area (Å²) in [5, 5.41) is 12.0. The van der Waals surface area contributed by atoms with Gasteiger partial charge in [0.05, 0.1) is 25.5 Å². The van der Waals surface area contributed by atoms with Gasteiger partial charge in [0.25, 0.3) is 5.91 Å². The molecule has 2 N–H and O–H groups in total. The predicted octanol–water partition coefficient (Wildman–Crippen LogP) is 2.21. The van der Waals surface area contributed by atoms with Crippen LogP contribution in [-0.2, 0) is 19.1 Å². The van der Waals surface area contributed by atoms with E-state index in [9.17, 15) is 24.3 Å². The quantitative estimate of drug-likeness (QED) is 0.478. The number of nitrogens with one attached hydrogen (secondary N) is 1. The third-order valence-electron chi connectivity index (χ3n) is 6.65. The molecule has 1 saturated heterocycles. The number of piperazine rings is 1. The molecule has 1 atom stereocenters. The van der Waals surface area contributed by atoms with E-state index in [1.54, 1.807) is 13.0 Å². The van der Waals surface area contributed by atoms with Crippen LogP contribution in [0.5, 0.6) is 0 Å². The zero-order valence-electron chi connectivity index (χ0n) is 22.4. The third kappa shape index (κ3) is 7.41. The number of hydrogen-bond acceptors (Lipinski definition) is 8. The summed E-state index contributed by atoms with van der Waals surface area (Å²) in [5.74, 6) is -1.74. The molecule has 0 unspecified atom stereocenters. The first kappa shape index (κ1) is 28.7. The summed E-state index contributed by atoms with van der Waals surface area (Å²) in [6.07, 6.45) is 1.70. The summed E-state index contributed by atoms with van der Waals surface area (Å²) in [6.45, 7) is 3.98. The van der Waals surface area contributed by atoms with E-state index < -0.39 is 29.9 Å². The lowest BCUT2D eigenvalue weighted by molar-refractivity contribution is -0.138. The summed E-state index contributed by atoms with van der Waals surface area (Å²) < 4.78 is 10.4. The Kier molecular flexibility index (Phi) is 9.79. The molecule has 1 fully saturated rings. The summed E-state index contributed by atoms with van der Waals surface area (Å²) in [7, 11) is 0. The van der Waals surface area contributed by atoms with Gasteiger partial charge < -0.3 is 29.7 Å². The molecule has 212 valence electrons. The molecule has 0 spiro atoms. The second-order valence-electron chi connectivity index (χ2n) is 9.35. The Morgan fingerprint density at radius 3 is 2.45 bits per heavy atom. The predicted molar refractivity (Wildman–Crippen MR) is 144 cm³/mol. The van der Waals surface area contributed by atoms with Crippen molar-refractivity contribution in [3.05, 3.63) is 53.9 Å². The van der Waals surface area contributed by atoms with E-state index >= 15 is 0 Å². The zero-order chi connectivity index (χ0) is 28.5. The van der Waals surface area contributed by atoms with Gasteiger partial charge >= 0.3 is 12.1 Å². The van der Waals surface area contributed by atoms with E-state index in [4.69, 9.17) is 9.47 Å². The average Bonchev–Trinajstić information content (AvgIpc) is 2.99. The van der Waals surface area contributed by atoms with Gasteiger partial charge in [0.1, 0.15) is 11.7 Å². The van der Waals surface area contributed by atoms with Crippen molar-refractivity contribution in [2.75, 3.05) is 46.0 Å². The van der Waals surface area contributed by atoms with Crippen molar-refractivity contribution < 1.29 is 33.8 Å². The highest BCUT2D eigenvalue weighted by atomic mass is 16.6. The Bertz CT molecular complexity index is 1260. The van der Waals surface area contributed by atoms with E-state index in [1.165, 1.54) is 9.80 Å². The van der Waals surface area contributed by atoms with Crippen molar-refractivity contribution in [2.45, 2.75) is 32.2 Å². The van der Waals surface area contributed by atoms with Crippen LogP contribution in [0.25, 0.3) is 17.0 Å². The van der Waals surface area contributed by atoms with Gasteiger partial charge in [-0.2, -0.15) is 0 Å². The largest absolute Gasteiger partial charge is 0.481 e. The number of carboxylic acids is 1. The second kappa shape index (κ2) is 13.7. The topological polar surface area (TPSA) is 151 Å². The molecule has 2 aliphatic rings. The number of benzene rings is 1. The number of ether oxygens (including phenoxy) is 2. The Morgan fingerprint density at radius 2 is 1.80 bits per heavy atom. The minimum Gasteiger partial charge on any atom is -0.481 e. The van der Waals surface area contributed by atoms with Crippen LogP contribution in [0.3, 0.4) is 0 Å². The van der Waals surface area contributed by atoms with Crippen LogP contribution < -0.4 is 5.32 Å². The van der Waals surface area contributed by atoms with Gasteiger partial charge in [-0.05, 0) is 31.4 Å². The van der Waals surface area contributed by atoms with E-state index in [0.29, 0.717) is 31.2 Å². The molecule has 40 heavy (non-hydrogen) atoms. The number of carboxylic acid groups (broad SMARTS) is 1. The van der Waals surface area contributed by atoms with Gasteiger partial charge in [-0.1, -0.05) is 36.4 Å². The number of amides is 3. The number of carbonyl (C=O) groups is 4. The maximum atomic E-state index is 13.5. The normalized spacial score (nSPS) is 16.1. The second-order valence-corrected chi connectivity index (χ2v) is 9.35. The third-order valence-corrected chi connectivity index (χ3v) is 6.65. The van der Waals surface area contributed by atoms with Crippen LogP contribution in [0, 0.1) is 0 Å². The monoisotopic (exact) mass is 551 g/mol. The fourth-order valence-corrected chi connectivity index (χ4v) is 4.51. The highest BCUT2D eigenvalue weighted by Crippen LogP contribution is 2.24. The fraction of sp³-hybridized carbons (Fsp3) is 0.429. The van der Waals surface area contributed by atoms with Gasteiger partial charge in [0, 0.05) is 38.2 Å². The summed E-state index contributed by atoms with van der Waals surface area (Å²) in [6, 6.07) is 9.74. The number of aromatic nitrogens is 2. The number of rotatable bonds is 9. The van der Waals surface area contributed by atoms with Crippen molar-refractivity contribution in [1.29, 1.82) is 0 Å². The van der Waals surface area contributed by atoms with Gasteiger partial charge in [-0.15, -0.1) is 0 Å². The van der Waals surface area contributed by atoms with E-state index in [-0.39, 0.29) is 51.3 Å². The molecule has 12 nitrogen and oxygen atoms in total. The number of nitrogens with zero attached hydrogens (tertiary/aromatic N) is 4. The fourth-order valence-electron chi connectivity index (χ4n) is 4.51. The molecule has 1 aromatic carbocycles. The maximum Gasteiger partial charge on any atom is 0.409 e. The lowest BCUT2D eigenvalue weighted by Gasteiger charge is -2.35. The van der Waals surface area contributed by atoms with Crippen molar-refractivity contribution in [3.8, 4) is 11.4 Å². The first-order valence-corrected chi connectivity index (χ1v) is 13.3. The SMILES string of the molecule is CCOC(=O)N1CCN(C(=O)[C@H](CCC(=O)O)NC(=O)c2cc(C3=CCOCC3)nc(-c3ccccc3)n2)CC1. The molecule has 1 aromatic heterocycles. The highest BCUT2D eigenvalue weighted by Gasteiger charge is 2.31. The lowest BCUT2D eigenvalue weighted by atomic mass is 10.1. The molecular formula is C28H33N5O7. The number of hydrogen-bond donors (Lipinski definition) is 2. The van der Waals surface area contributed by atoms with Gasteiger partial charge in [-0.25, -0.2) is 14.8 Å². The standard InChI is InChI=1S/C28H33N5O7/c1-2-40-28(38)33-14-12-32(13-15-33)27(37)21(8-9-24(34)35)31-26(36)23-18-22(19-10-16-39-17-11-19)29-25(30-23)20-6-4-3-5-7-20/h3-7,10,18,21H,2,8-9,11-17H2,1H3,(H,31,36)(H,34,35)/t21-/m0/s1. The Morgan fingerprint density at radius 1 is 1.07 bits per heavy atom. The Balaban J connectivity index is 1.55. The van der Waals surface area contributed by atoms with Crippen molar-refractivity contribution in [1.82, 2.24) is 25.1 Å².